The van der Waals surface area contributed by atoms with E-state index in [1.54, 1.807) is 12.4 Å². The molecule has 1 fully saturated rings. The van der Waals surface area contributed by atoms with E-state index in [0.717, 1.165) is 6.54 Å². The summed E-state index contributed by atoms with van der Waals surface area (Å²) in [7, 11) is 0. The van der Waals surface area contributed by atoms with Crippen LogP contribution in [0.15, 0.2) is 12.4 Å². The van der Waals surface area contributed by atoms with Gasteiger partial charge in [-0.2, -0.15) is 0 Å². The molecule has 0 amide bonds. The molecule has 0 saturated carbocycles. The lowest BCUT2D eigenvalue weighted by Gasteiger charge is -2.24. The number of nitrogens with zero attached hydrogens (tertiary/aromatic N) is 3. The van der Waals surface area contributed by atoms with Crippen LogP contribution >= 0.6 is 11.6 Å². The molecule has 1 N–H and O–H groups in total. The minimum atomic E-state index is 0.441. The van der Waals surface area contributed by atoms with Gasteiger partial charge in [0.15, 0.2) is 11.0 Å². The average Bonchev–Trinajstić information content (AvgIpc) is 2.81. The fourth-order valence-corrected chi connectivity index (χ4v) is 2.17. The molecule has 1 aromatic heterocycles. The van der Waals surface area contributed by atoms with E-state index in [-0.39, 0.29) is 0 Å². The van der Waals surface area contributed by atoms with Crippen molar-refractivity contribution in [3.05, 3.63) is 17.5 Å². The second-order valence-electron chi connectivity index (χ2n) is 4.17. The summed E-state index contributed by atoms with van der Waals surface area (Å²) in [5.41, 5.74) is 0. The monoisotopic (exact) mass is 240 g/mol. The maximum absolute atomic E-state index is 5.92. The lowest BCUT2D eigenvalue weighted by atomic mass is 10.3. The number of hydrogen-bond acceptors (Lipinski definition) is 4. The molecule has 0 bridgehead atoms. The van der Waals surface area contributed by atoms with Gasteiger partial charge in [-0.25, -0.2) is 9.97 Å². The zero-order chi connectivity index (χ0) is 11.4. The van der Waals surface area contributed by atoms with Crippen molar-refractivity contribution in [2.24, 2.45) is 0 Å². The van der Waals surface area contributed by atoms with Gasteiger partial charge in [0.1, 0.15) is 0 Å². The molecule has 1 unspecified atom stereocenters. The number of rotatable bonds is 4. The van der Waals surface area contributed by atoms with Crippen LogP contribution in [0.5, 0.6) is 0 Å². The largest absolute Gasteiger partial charge is 0.366 e. The molecule has 2 heterocycles. The third-order valence-corrected chi connectivity index (χ3v) is 3.26. The summed E-state index contributed by atoms with van der Waals surface area (Å²) in [6.45, 7) is 5.50. The van der Waals surface area contributed by atoms with E-state index in [4.69, 9.17) is 11.6 Å². The molecule has 0 aromatic carbocycles. The molecule has 5 heteroatoms. The molecule has 16 heavy (non-hydrogen) atoms. The Morgan fingerprint density at radius 3 is 2.75 bits per heavy atom. The van der Waals surface area contributed by atoms with Gasteiger partial charge in [-0.15, -0.1) is 0 Å². The summed E-state index contributed by atoms with van der Waals surface area (Å²) in [4.78, 5) is 10.6. The Kier molecular flexibility index (Phi) is 3.96. The molecule has 0 aliphatic carbocycles. The molecule has 0 radical (unpaired) electrons. The minimum absolute atomic E-state index is 0.441. The minimum Gasteiger partial charge on any atom is -0.366 e. The maximum Gasteiger partial charge on any atom is 0.171 e. The van der Waals surface area contributed by atoms with E-state index in [9.17, 15) is 0 Å². The predicted octanol–water partition coefficient (Wildman–Crippen LogP) is 2.03. The van der Waals surface area contributed by atoms with E-state index < -0.39 is 0 Å². The number of hydrogen-bond donors (Lipinski definition) is 1. The highest BCUT2D eigenvalue weighted by Gasteiger charge is 2.17. The van der Waals surface area contributed by atoms with Crippen LogP contribution in [-0.2, 0) is 0 Å². The van der Waals surface area contributed by atoms with Gasteiger partial charge < -0.3 is 5.32 Å². The second-order valence-corrected chi connectivity index (χ2v) is 4.53. The number of halogens is 1. The maximum atomic E-state index is 5.92. The van der Waals surface area contributed by atoms with Crippen molar-refractivity contribution < 1.29 is 0 Å². The first kappa shape index (κ1) is 11.6. The Labute approximate surface area is 101 Å². The smallest absolute Gasteiger partial charge is 0.171 e. The van der Waals surface area contributed by atoms with Gasteiger partial charge in [-0.05, 0) is 32.9 Å². The molecule has 1 aromatic rings. The molecule has 88 valence electrons. The molecule has 1 aliphatic heterocycles. The number of nitrogens with one attached hydrogen (secondary N) is 1. The van der Waals surface area contributed by atoms with Crippen LogP contribution in [0.3, 0.4) is 0 Å². The molecule has 0 spiro atoms. The van der Waals surface area contributed by atoms with Crippen molar-refractivity contribution in [2.45, 2.75) is 25.8 Å². The van der Waals surface area contributed by atoms with Crippen molar-refractivity contribution in [3.63, 3.8) is 0 Å². The highest BCUT2D eigenvalue weighted by molar-refractivity contribution is 6.31. The molecule has 1 saturated heterocycles. The first-order chi connectivity index (χ1) is 7.77. The Morgan fingerprint density at radius 2 is 2.06 bits per heavy atom. The Bertz CT molecular complexity index is 339. The van der Waals surface area contributed by atoms with Crippen molar-refractivity contribution in [3.8, 4) is 0 Å². The predicted molar refractivity (Wildman–Crippen MR) is 65.8 cm³/mol. The van der Waals surface area contributed by atoms with Crippen LogP contribution in [0.2, 0.25) is 5.15 Å². The first-order valence-electron chi connectivity index (χ1n) is 5.72. The molecule has 1 atom stereocenters. The Hall–Kier alpha value is -0.870. The van der Waals surface area contributed by atoms with Crippen LogP contribution in [0.4, 0.5) is 5.82 Å². The van der Waals surface area contributed by atoms with Gasteiger partial charge in [0, 0.05) is 25.0 Å². The normalized spacial score (nSPS) is 18.6. The van der Waals surface area contributed by atoms with E-state index in [1.807, 2.05) is 0 Å². The molecule has 1 aliphatic rings. The highest BCUT2D eigenvalue weighted by Crippen LogP contribution is 2.16. The van der Waals surface area contributed by atoms with Gasteiger partial charge in [0.05, 0.1) is 0 Å². The van der Waals surface area contributed by atoms with Crippen LogP contribution in [0.1, 0.15) is 19.8 Å². The van der Waals surface area contributed by atoms with E-state index in [1.165, 1.54) is 25.9 Å². The summed E-state index contributed by atoms with van der Waals surface area (Å²) >= 11 is 5.92. The molecular weight excluding hydrogens is 224 g/mol. The summed E-state index contributed by atoms with van der Waals surface area (Å²) in [5.74, 6) is 0.676. The highest BCUT2D eigenvalue weighted by atomic mass is 35.5. The van der Waals surface area contributed by atoms with E-state index in [2.05, 4.69) is 27.1 Å². The Balaban J connectivity index is 1.84. The van der Waals surface area contributed by atoms with Gasteiger partial charge in [-0.1, -0.05) is 11.6 Å². The van der Waals surface area contributed by atoms with Gasteiger partial charge in [0.25, 0.3) is 0 Å². The summed E-state index contributed by atoms with van der Waals surface area (Å²) in [6, 6.07) is 0.514. The molecule has 2 rings (SSSR count). The molecular formula is C11H17ClN4. The second kappa shape index (κ2) is 5.46. The number of aromatic nitrogens is 2. The van der Waals surface area contributed by atoms with Crippen LogP contribution in [-0.4, -0.2) is 40.5 Å². The van der Waals surface area contributed by atoms with E-state index >= 15 is 0 Å². The first-order valence-corrected chi connectivity index (χ1v) is 6.09. The fraction of sp³-hybridized carbons (Fsp3) is 0.636. The van der Waals surface area contributed by atoms with Crippen LogP contribution in [0, 0.1) is 0 Å². The number of anilines is 1. The fourth-order valence-electron chi connectivity index (χ4n) is 2.00. The number of likely N-dealkylation sites (tertiary alicyclic amines) is 1. The lowest BCUT2D eigenvalue weighted by molar-refractivity contribution is 0.269. The third-order valence-electron chi connectivity index (χ3n) is 2.98. The lowest BCUT2D eigenvalue weighted by Crippen LogP contribution is -2.35. The summed E-state index contributed by atoms with van der Waals surface area (Å²) < 4.78 is 0. The third kappa shape index (κ3) is 2.83. The van der Waals surface area contributed by atoms with Crippen molar-refractivity contribution >= 4 is 17.4 Å². The Morgan fingerprint density at radius 1 is 1.38 bits per heavy atom. The van der Waals surface area contributed by atoms with Crippen LogP contribution in [0.25, 0.3) is 0 Å². The van der Waals surface area contributed by atoms with Crippen molar-refractivity contribution in [2.75, 3.05) is 25.0 Å². The quantitative estimate of drug-likeness (QED) is 0.875. The van der Waals surface area contributed by atoms with Gasteiger partial charge in [0.2, 0.25) is 0 Å². The topological polar surface area (TPSA) is 41.1 Å². The summed E-state index contributed by atoms with van der Waals surface area (Å²) in [5, 5.41) is 3.68. The van der Waals surface area contributed by atoms with Gasteiger partial charge in [-0.3, -0.25) is 4.90 Å². The molecule has 4 nitrogen and oxygen atoms in total. The average molecular weight is 241 g/mol. The standard InChI is InChI=1S/C11H17ClN4/c1-9(16-6-2-3-7-16)8-15-11-10(12)13-4-5-14-11/h4-5,9H,2-3,6-8H2,1H3,(H,14,15). The van der Waals surface area contributed by atoms with Gasteiger partial charge >= 0.3 is 0 Å². The van der Waals surface area contributed by atoms with Crippen LogP contribution < -0.4 is 5.32 Å². The summed E-state index contributed by atoms with van der Waals surface area (Å²) in [6.07, 6.45) is 5.87. The zero-order valence-electron chi connectivity index (χ0n) is 9.49. The SMILES string of the molecule is CC(CNc1nccnc1Cl)N1CCCC1. The van der Waals surface area contributed by atoms with Crippen molar-refractivity contribution in [1.82, 2.24) is 14.9 Å². The van der Waals surface area contributed by atoms with Crippen molar-refractivity contribution in [1.29, 1.82) is 0 Å². The van der Waals surface area contributed by atoms with E-state index in [0.29, 0.717) is 17.0 Å². The zero-order valence-corrected chi connectivity index (χ0v) is 10.2.